The number of hydrogen-bond acceptors (Lipinski definition) is 1. The van der Waals surface area contributed by atoms with Crippen molar-refractivity contribution in [2.45, 2.75) is 12.3 Å². The van der Waals surface area contributed by atoms with Gasteiger partial charge in [-0.25, -0.2) is 0 Å². The Hall–Kier alpha value is -4.49. The fourth-order valence-electron chi connectivity index (χ4n) is 6.29. The molecule has 2 aliphatic carbocycles. The van der Waals surface area contributed by atoms with Crippen LogP contribution in [-0.2, 0) is 5.41 Å². The third-order valence-corrected chi connectivity index (χ3v) is 7.82. The molecule has 0 atom stereocenters. The first kappa shape index (κ1) is 20.8. The third kappa shape index (κ3) is 2.74. The van der Waals surface area contributed by atoms with Crippen LogP contribution >= 0.6 is 0 Å². The number of fused-ring (bicyclic) bond motifs is 10. The lowest BCUT2D eigenvalue weighted by Gasteiger charge is -2.30. The van der Waals surface area contributed by atoms with Gasteiger partial charge in [0.05, 0.1) is 11.1 Å². The topological polar surface area (TPSA) is 12.4 Å². The second-order valence-electron chi connectivity index (χ2n) is 9.66. The van der Waals surface area contributed by atoms with Crippen molar-refractivity contribution in [1.82, 2.24) is 0 Å². The Morgan fingerprint density at radius 3 is 1.58 bits per heavy atom. The van der Waals surface area contributed by atoms with Gasteiger partial charge in [0.25, 0.3) is 0 Å². The summed E-state index contributed by atoms with van der Waals surface area (Å²) in [6, 6.07) is 43.7. The first-order valence-electron chi connectivity index (χ1n) is 12.4. The summed E-state index contributed by atoms with van der Waals surface area (Å²) in [5.41, 5.74) is 14.2. The molecule has 0 N–H and O–H groups in total. The number of hydrogen-bond donors (Lipinski definition) is 0. The minimum Gasteiger partial charge on any atom is -0.253 e. The Bertz CT molecular complexity index is 1660. The molecule has 36 heavy (non-hydrogen) atoms. The molecule has 0 radical (unpaired) electrons. The number of aliphatic imine (C=N–C) groups is 1. The van der Waals surface area contributed by atoms with Gasteiger partial charge in [-0.05, 0) is 63.1 Å². The molecule has 1 heteroatoms. The third-order valence-electron chi connectivity index (χ3n) is 7.82. The molecule has 2 aliphatic rings. The van der Waals surface area contributed by atoms with Crippen molar-refractivity contribution in [3.05, 3.63) is 161 Å². The monoisotopic (exact) mass is 459 g/mol. The average Bonchev–Trinajstić information content (AvgIpc) is 3.40. The molecule has 170 valence electrons. The van der Waals surface area contributed by atoms with E-state index in [1.165, 1.54) is 44.5 Å². The minimum atomic E-state index is -0.303. The van der Waals surface area contributed by atoms with E-state index in [1.807, 2.05) is 25.1 Å². The minimum absolute atomic E-state index is 0.303. The van der Waals surface area contributed by atoms with Crippen molar-refractivity contribution >= 4 is 11.4 Å². The molecule has 7 rings (SSSR count). The van der Waals surface area contributed by atoms with Crippen LogP contribution in [0.2, 0.25) is 0 Å². The van der Waals surface area contributed by atoms with Gasteiger partial charge in [0.1, 0.15) is 0 Å². The maximum absolute atomic E-state index is 4.88. The molecular formula is C35H25N. The van der Waals surface area contributed by atoms with E-state index in [4.69, 9.17) is 4.99 Å². The summed E-state index contributed by atoms with van der Waals surface area (Å²) in [7, 11) is 0. The fraction of sp³-hybridized carbons (Fsp3) is 0.0571. The molecular weight excluding hydrogens is 434 g/mol. The van der Waals surface area contributed by atoms with E-state index in [2.05, 4.69) is 110 Å². The van der Waals surface area contributed by atoms with Crippen molar-refractivity contribution < 1.29 is 0 Å². The van der Waals surface area contributed by atoms with Crippen molar-refractivity contribution in [1.29, 1.82) is 0 Å². The van der Waals surface area contributed by atoms with E-state index >= 15 is 0 Å². The van der Waals surface area contributed by atoms with Gasteiger partial charge >= 0.3 is 0 Å². The van der Waals surface area contributed by atoms with Gasteiger partial charge in [-0.1, -0.05) is 122 Å². The predicted octanol–water partition coefficient (Wildman–Crippen LogP) is 8.51. The van der Waals surface area contributed by atoms with Crippen LogP contribution in [0.25, 0.3) is 28.0 Å². The number of benzene rings is 5. The lowest BCUT2D eigenvalue weighted by molar-refractivity contribution is 0.793. The van der Waals surface area contributed by atoms with E-state index in [-0.39, 0.29) is 5.41 Å². The number of rotatable bonds is 3. The Morgan fingerprint density at radius 2 is 1.00 bits per heavy atom. The first-order valence-corrected chi connectivity index (χ1v) is 12.4. The second-order valence-corrected chi connectivity index (χ2v) is 9.66. The zero-order valence-corrected chi connectivity index (χ0v) is 20.2. The van der Waals surface area contributed by atoms with E-state index in [9.17, 15) is 0 Å². The highest BCUT2D eigenvalue weighted by molar-refractivity contribution is 6.02. The van der Waals surface area contributed by atoms with Crippen LogP contribution < -0.4 is 0 Å². The molecule has 0 bridgehead atoms. The Balaban J connectivity index is 1.45. The van der Waals surface area contributed by atoms with E-state index in [1.54, 1.807) is 0 Å². The Morgan fingerprint density at radius 1 is 0.528 bits per heavy atom. The standard InChI is InChI=1S/C35H25N/c1-23(25-12-4-3-5-13-25)36-24(2)26-20-21-34-30(22-26)29-16-8-11-19-33(29)35(34)31-17-9-6-14-27(31)28-15-7-10-18-32(28)35/h3-22H,2H2,1H3. The Labute approximate surface area is 212 Å². The Kier molecular flexibility index (Phi) is 4.49. The normalized spacial score (nSPS) is 14.2. The zero-order chi connectivity index (χ0) is 24.3. The molecule has 0 aromatic heterocycles. The van der Waals surface area contributed by atoms with Gasteiger partial charge in [-0.3, -0.25) is 4.99 Å². The summed E-state index contributed by atoms with van der Waals surface area (Å²) in [6.45, 7) is 6.39. The van der Waals surface area contributed by atoms with E-state index < -0.39 is 0 Å². The van der Waals surface area contributed by atoms with E-state index in [0.717, 1.165) is 22.5 Å². The van der Waals surface area contributed by atoms with Crippen LogP contribution in [0, 0.1) is 0 Å². The summed E-state index contributed by atoms with van der Waals surface area (Å²) >= 11 is 0. The summed E-state index contributed by atoms with van der Waals surface area (Å²) < 4.78 is 0. The first-order chi connectivity index (χ1) is 17.7. The molecule has 0 saturated carbocycles. The average molecular weight is 460 g/mol. The van der Waals surface area contributed by atoms with Gasteiger partial charge in [-0.2, -0.15) is 0 Å². The van der Waals surface area contributed by atoms with Crippen LogP contribution in [0.3, 0.4) is 0 Å². The number of nitrogens with zero attached hydrogens (tertiary/aromatic N) is 1. The molecule has 0 fully saturated rings. The summed E-state index contributed by atoms with van der Waals surface area (Å²) in [4.78, 5) is 4.88. The molecule has 0 saturated heterocycles. The van der Waals surface area contributed by atoms with Crippen LogP contribution in [0.4, 0.5) is 0 Å². The van der Waals surface area contributed by atoms with Gasteiger partial charge in [0.15, 0.2) is 0 Å². The highest BCUT2D eigenvalue weighted by Crippen LogP contribution is 2.62. The van der Waals surface area contributed by atoms with Crippen molar-refractivity contribution in [3.63, 3.8) is 0 Å². The molecule has 5 aromatic carbocycles. The lowest BCUT2D eigenvalue weighted by atomic mass is 9.70. The van der Waals surface area contributed by atoms with Crippen molar-refractivity contribution in [2.75, 3.05) is 0 Å². The van der Waals surface area contributed by atoms with E-state index in [0.29, 0.717) is 0 Å². The summed E-state index contributed by atoms with van der Waals surface area (Å²) in [6.07, 6.45) is 0. The predicted molar refractivity (Wildman–Crippen MR) is 150 cm³/mol. The highest BCUT2D eigenvalue weighted by Gasteiger charge is 2.51. The van der Waals surface area contributed by atoms with Crippen molar-refractivity contribution in [2.24, 2.45) is 4.99 Å². The molecule has 0 unspecified atom stereocenters. The maximum Gasteiger partial charge on any atom is 0.0725 e. The van der Waals surface area contributed by atoms with Crippen LogP contribution in [-0.4, -0.2) is 5.71 Å². The fourth-order valence-corrected chi connectivity index (χ4v) is 6.29. The van der Waals surface area contributed by atoms with Gasteiger partial charge < -0.3 is 0 Å². The van der Waals surface area contributed by atoms with Gasteiger partial charge in [0.2, 0.25) is 0 Å². The quantitative estimate of drug-likeness (QED) is 0.235. The van der Waals surface area contributed by atoms with Crippen LogP contribution in [0.15, 0.2) is 133 Å². The molecule has 1 nitrogen and oxygen atoms in total. The van der Waals surface area contributed by atoms with Gasteiger partial charge in [-0.15, -0.1) is 0 Å². The molecule has 1 spiro atoms. The van der Waals surface area contributed by atoms with Crippen molar-refractivity contribution in [3.8, 4) is 22.3 Å². The lowest BCUT2D eigenvalue weighted by Crippen LogP contribution is -2.25. The van der Waals surface area contributed by atoms with Crippen LogP contribution in [0.1, 0.15) is 40.3 Å². The molecule has 0 amide bonds. The summed E-state index contributed by atoms with van der Waals surface area (Å²) in [5, 5.41) is 0. The second kappa shape index (κ2) is 7.76. The molecule has 0 heterocycles. The van der Waals surface area contributed by atoms with Gasteiger partial charge in [0, 0.05) is 11.3 Å². The SMILES string of the molecule is C=C(N=C(C)c1ccccc1)c1ccc2c(c1)-c1ccccc1C21c2ccccc2-c2ccccc21. The largest absolute Gasteiger partial charge is 0.253 e. The highest BCUT2D eigenvalue weighted by atomic mass is 14.8. The van der Waals surface area contributed by atoms with Crippen LogP contribution in [0.5, 0.6) is 0 Å². The zero-order valence-electron chi connectivity index (χ0n) is 20.2. The molecule has 0 aliphatic heterocycles. The summed E-state index contributed by atoms with van der Waals surface area (Å²) in [5.74, 6) is 0. The smallest absolute Gasteiger partial charge is 0.0725 e. The maximum atomic E-state index is 4.88. The molecule has 5 aromatic rings.